The maximum atomic E-state index is 13.2. The van der Waals surface area contributed by atoms with Gasteiger partial charge < -0.3 is 5.32 Å². The molecule has 8 heteroatoms. The summed E-state index contributed by atoms with van der Waals surface area (Å²) in [5, 5.41) is 2.82. The van der Waals surface area contributed by atoms with Gasteiger partial charge in [-0.1, -0.05) is 60.2 Å². The van der Waals surface area contributed by atoms with E-state index in [-0.39, 0.29) is 30.2 Å². The van der Waals surface area contributed by atoms with Crippen molar-refractivity contribution in [2.24, 2.45) is 0 Å². The van der Waals surface area contributed by atoms with Gasteiger partial charge in [-0.3, -0.25) is 18.7 Å². The second-order valence-electron chi connectivity index (χ2n) is 7.55. The first-order valence-electron chi connectivity index (χ1n) is 10.3. The quantitative estimate of drug-likeness (QED) is 0.483. The first kappa shape index (κ1) is 21.2. The standard InChI is InChI=1S/C24H23N5O3/c1-17-7-9-19(10-8-17)15-27-20(30)16-29-22-21(25-12-13-26-22)23(31)28(24(29)32)14-11-18-5-3-2-4-6-18/h2-10,12-13H,11,14-16H2,1H3,(H,27,30). The van der Waals surface area contributed by atoms with Crippen molar-refractivity contribution >= 4 is 17.1 Å². The zero-order valence-corrected chi connectivity index (χ0v) is 17.7. The van der Waals surface area contributed by atoms with Gasteiger partial charge >= 0.3 is 5.69 Å². The average molecular weight is 429 g/mol. The Balaban J connectivity index is 1.61. The highest BCUT2D eigenvalue weighted by atomic mass is 16.2. The van der Waals surface area contributed by atoms with Crippen molar-refractivity contribution < 1.29 is 4.79 Å². The molecule has 0 aliphatic rings. The van der Waals surface area contributed by atoms with Crippen molar-refractivity contribution in [2.75, 3.05) is 0 Å². The van der Waals surface area contributed by atoms with Gasteiger partial charge in [0.2, 0.25) is 5.91 Å². The SMILES string of the molecule is Cc1ccc(CNC(=O)Cn2c(=O)n(CCc3ccccc3)c(=O)c3nccnc32)cc1. The van der Waals surface area contributed by atoms with Gasteiger partial charge in [-0.2, -0.15) is 0 Å². The van der Waals surface area contributed by atoms with Gasteiger partial charge in [0.25, 0.3) is 5.56 Å². The fraction of sp³-hybridized carbons (Fsp3) is 0.208. The highest BCUT2D eigenvalue weighted by Crippen LogP contribution is 2.05. The molecule has 162 valence electrons. The molecule has 0 spiro atoms. The second-order valence-corrected chi connectivity index (χ2v) is 7.55. The van der Waals surface area contributed by atoms with Crippen LogP contribution in [-0.2, 0) is 30.8 Å². The molecule has 0 aliphatic heterocycles. The lowest BCUT2D eigenvalue weighted by molar-refractivity contribution is -0.121. The van der Waals surface area contributed by atoms with E-state index in [0.717, 1.165) is 21.3 Å². The summed E-state index contributed by atoms with van der Waals surface area (Å²) in [6, 6.07) is 17.4. The lowest BCUT2D eigenvalue weighted by atomic mass is 10.1. The number of hydrogen-bond donors (Lipinski definition) is 1. The Morgan fingerprint density at radius 1 is 0.906 bits per heavy atom. The Kier molecular flexibility index (Phi) is 6.21. The van der Waals surface area contributed by atoms with Gasteiger partial charge in [0, 0.05) is 25.5 Å². The van der Waals surface area contributed by atoms with Crippen molar-refractivity contribution in [3.8, 4) is 0 Å². The molecule has 0 fully saturated rings. The number of hydrogen-bond acceptors (Lipinski definition) is 5. The Labute approximate surface area is 184 Å². The Bertz CT molecular complexity index is 1360. The molecule has 1 N–H and O–H groups in total. The number of benzene rings is 2. The van der Waals surface area contributed by atoms with Crippen LogP contribution in [0.25, 0.3) is 11.2 Å². The number of amides is 1. The van der Waals surface area contributed by atoms with Crippen LogP contribution in [0.4, 0.5) is 0 Å². The molecule has 0 atom stereocenters. The van der Waals surface area contributed by atoms with Gasteiger partial charge in [-0.15, -0.1) is 0 Å². The monoisotopic (exact) mass is 429 g/mol. The topological polar surface area (TPSA) is 98.9 Å². The predicted molar refractivity (Wildman–Crippen MR) is 121 cm³/mol. The molecule has 0 saturated heterocycles. The van der Waals surface area contributed by atoms with E-state index in [2.05, 4.69) is 15.3 Å². The van der Waals surface area contributed by atoms with E-state index in [0.29, 0.717) is 13.0 Å². The van der Waals surface area contributed by atoms with E-state index in [9.17, 15) is 14.4 Å². The number of nitrogens with one attached hydrogen (secondary N) is 1. The van der Waals surface area contributed by atoms with E-state index in [1.807, 2.05) is 61.5 Å². The third kappa shape index (κ3) is 4.64. The van der Waals surface area contributed by atoms with E-state index in [1.54, 1.807) is 0 Å². The molecule has 4 rings (SSSR count). The molecule has 1 amide bonds. The molecule has 0 radical (unpaired) electrons. The molecule has 8 nitrogen and oxygen atoms in total. The molecule has 0 saturated carbocycles. The van der Waals surface area contributed by atoms with Crippen LogP contribution in [-0.4, -0.2) is 25.0 Å². The average Bonchev–Trinajstić information content (AvgIpc) is 2.82. The second kappa shape index (κ2) is 9.38. The van der Waals surface area contributed by atoms with Crippen molar-refractivity contribution in [3.63, 3.8) is 0 Å². The number of rotatable bonds is 7. The molecular weight excluding hydrogens is 406 g/mol. The Morgan fingerprint density at radius 2 is 1.62 bits per heavy atom. The molecular formula is C24H23N5O3. The largest absolute Gasteiger partial charge is 0.350 e. The minimum absolute atomic E-state index is 0.0616. The van der Waals surface area contributed by atoms with Crippen LogP contribution in [0.2, 0.25) is 0 Å². The van der Waals surface area contributed by atoms with Gasteiger partial charge in [-0.05, 0) is 24.5 Å². The van der Waals surface area contributed by atoms with Gasteiger partial charge in [0.15, 0.2) is 11.2 Å². The lowest BCUT2D eigenvalue weighted by Crippen LogP contribution is -2.43. The first-order chi connectivity index (χ1) is 15.5. The van der Waals surface area contributed by atoms with Gasteiger partial charge in [0.1, 0.15) is 6.54 Å². The van der Waals surface area contributed by atoms with E-state index < -0.39 is 11.2 Å². The van der Waals surface area contributed by atoms with Crippen molar-refractivity contribution in [1.29, 1.82) is 0 Å². The van der Waals surface area contributed by atoms with Crippen molar-refractivity contribution in [3.05, 3.63) is 105 Å². The van der Waals surface area contributed by atoms with Crippen molar-refractivity contribution in [2.45, 2.75) is 33.0 Å². The minimum Gasteiger partial charge on any atom is -0.350 e. The summed E-state index contributed by atoms with van der Waals surface area (Å²) in [6.45, 7) is 2.25. The summed E-state index contributed by atoms with van der Waals surface area (Å²) in [5.41, 5.74) is 2.16. The minimum atomic E-state index is -0.579. The fourth-order valence-corrected chi connectivity index (χ4v) is 3.46. The zero-order valence-electron chi connectivity index (χ0n) is 17.7. The van der Waals surface area contributed by atoms with E-state index in [4.69, 9.17) is 0 Å². The van der Waals surface area contributed by atoms with Crippen LogP contribution in [0.5, 0.6) is 0 Å². The molecule has 2 aromatic carbocycles. The molecule has 32 heavy (non-hydrogen) atoms. The molecule has 2 heterocycles. The third-order valence-corrected chi connectivity index (χ3v) is 5.22. The summed E-state index contributed by atoms with van der Waals surface area (Å²) in [4.78, 5) is 46.9. The first-order valence-corrected chi connectivity index (χ1v) is 10.3. The summed E-state index contributed by atoms with van der Waals surface area (Å²) in [7, 11) is 0. The van der Waals surface area contributed by atoms with Crippen LogP contribution >= 0.6 is 0 Å². The number of fused-ring (bicyclic) bond motifs is 1. The Hall–Kier alpha value is -4.07. The van der Waals surface area contributed by atoms with Crippen molar-refractivity contribution in [1.82, 2.24) is 24.4 Å². The van der Waals surface area contributed by atoms with Gasteiger partial charge in [0.05, 0.1) is 0 Å². The molecule has 0 bridgehead atoms. The summed E-state index contributed by atoms with van der Waals surface area (Å²) in [6.07, 6.45) is 3.30. The van der Waals surface area contributed by atoms with Crippen LogP contribution in [0, 0.1) is 6.92 Å². The highest BCUT2D eigenvalue weighted by Gasteiger charge is 2.17. The predicted octanol–water partition coefficient (Wildman–Crippen LogP) is 1.82. The van der Waals surface area contributed by atoms with Crippen LogP contribution in [0.1, 0.15) is 16.7 Å². The zero-order chi connectivity index (χ0) is 22.5. The summed E-state index contributed by atoms with van der Waals surface area (Å²) >= 11 is 0. The molecule has 0 unspecified atom stereocenters. The maximum Gasteiger partial charge on any atom is 0.333 e. The number of nitrogens with zero attached hydrogens (tertiary/aromatic N) is 4. The molecule has 4 aromatic rings. The summed E-state index contributed by atoms with van der Waals surface area (Å²) in [5.74, 6) is -0.354. The van der Waals surface area contributed by atoms with Crippen LogP contribution < -0.4 is 16.6 Å². The summed E-state index contributed by atoms with van der Waals surface area (Å²) < 4.78 is 2.33. The fourth-order valence-electron chi connectivity index (χ4n) is 3.46. The number of aromatic nitrogens is 4. The Morgan fingerprint density at radius 3 is 2.38 bits per heavy atom. The normalized spacial score (nSPS) is 10.9. The lowest BCUT2D eigenvalue weighted by Gasteiger charge is -2.13. The van der Waals surface area contributed by atoms with E-state index in [1.165, 1.54) is 17.0 Å². The maximum absolute atomic E-state index is 13.2. The number of aryl methyl sites for hydroxylation is 2. The third-order valence-electron chi connectivity index (χ3n) is 5.22. The highest BCUT2D eigenvalue weighted by molar-refractivity contribution is 5.78. The van der Waals surface area contributed by atoms with Crippen LogP contribution in [0.15, 0.2) is 76.6 Å². The van der Waals surface area contributed by atoms with Gasteiger partial charge in [-0.25, -0.2) is 14.8 Å². The number of carbonyl (C=O) groups is 1. The van der Waals surface area contributed by atoms with E-state index >= 15 is 0 Å². The smallest absolute Gasteiger partial charge is 0.333 e. The number of carbonyl (C=O) groups excluding carboxylic acids is 1. The van der Waals surface area contributed by atoms with Crippen LogP contribution in [0.3, 0.4) is 0 Å². The molecule has 2 aromatic heterocycles. The molecule has 0 aliphatic carbocycles.